The van der Waals surface area contributed by atoms with Crippen LogP contribution in [-0.2, 0) is 32.9 Å². The van der Waals surface area contributed by atoms with Gasteiger partial charge < -0.3 is 10.2 Å². The first-order valence-electron chi connectivity index (χ1n) is 10.0. The van der Waals surface area contributed by atoms with Crippen molar-refractivity contribution in [2.75, 3.05) is 0 Å². The van der Waals surface area contributed by atoms with E-state index in [1.54, 1.807) is 13.8 Å². The molecule has 0 saturated carbocycles. The molecule has 157 valence electrons. The fraction of sp³-hybridized carbons (Fsp3) is 0.400. The largest absolute Gasteiger partial charge is 0.393 e. The quantitative estimate of drug-likeness (QED) is 0.434. The van der Waals surface area contributed by atoms with E-state index in [9.17, 15) is 0 Å². The van der Waals surface area contributed by atoms with Gasteiger partial charge in [0, 0.05) is 25.5 Å². The summed E-state index contributed by atoms with van der Waals surface area (Å²) >= 11 is 0. The van der Waals surface area contributed by atoms with Crippen molar-refractivity contribution in [3.05, 3.63) is 64.2 Å². The predicted octanol–water partition coefficient (Wildman–Crippen LogP) is 4.86. The van der Waals surface area contributed by atoms with Crippen molar-refractivity contribution in [2.24, 2.45) is 0 Å². The molecule has 3 nitrogen and oxygen atoms in total. The smallest absolute Gasteiger partial charge is 0.0598 e. The predicted molar refractivity (Wildman–Crippen MR) is 116 cm³/mol. The summed E-state index contributed by atoms with van der Waals surface area (Å²) in [5.74, 6) is 0. The van der Waals surface area contributed by atoms with Gasteiger partial charge in [0.25, 0.3) is 0 Å². The van der Waals surface area contributed by atoms with E-state index in [1.807, 2.05) is 0 Å². The Hall–Kier alpha value is -1.58. The molecule has 0 bridgehead atoms. The Balaban J connectivity index is 0.000000327. The molecule has 0 spiro atoms. The maximum Gasteiger partial charge on any atom is 0.0598 e. The van der Waals surface area contributed by atoms with Crippen molar-refractivity contribution in [1.82, 2.24) is 4.98 Å². The standard InChI is InChI=1S/C20H18N.C5H12O2.Ir/c1-12-9-14(3)16-8-7-15-11-17-13(2)5-4-6-19(17)21-20(15)18(16)10-12;1-4(6)3-5(2)7;/h4-6,9,11H,7-8H2,1-3H3;4-7H,3H2,1-2H3;/q-1;;. The van der Waals surface area contributed by atoms with Crippen LogP contribution in [0.3, 0.4) is 0 Å². The molecule has 0 saturated heterocycles. The maximum absolute atomic E-state index is 8.56. The maximum atomic E-state index is 8.56. The molecule has 1 aromatic heterocycles. The van der Waals surface area contributed by atoms with Gasteiger partial charge in [-0.2, -0.15) is 0 Å². The summed E-state index contributed by atoms with van der Waals surface area (Å²) in [6.45, 7) is 9.80. The van der Waals surface area contributed by atoms with Gasteiger partial charge >= 0.3 is 0 Å². The van der Waals surface area contributed by atoms with Crippen molar-refractivity contribution in [2.45, 2.75) is 66.1 Å². The normalized spacial score (nSPS) is 14.0. The third kappa shape index (κ3) is 5.52. The first-order valence-corrected chi connectivity index (χ1v) is 10.0. The van der Waals surface area contributed by atoms with Crippen LogP contribution in [0.1, 0.15) is 48.1 Å². The zero-order valence-corrected chi connectivity index (χ0v) is 20.2. The number of aryl methyl sites for hydroxylation is 4. The summed E-state index contributed by atoms with van der Waals surface area (Å²) in [5.41, 5.74) is 10.1. The molecule has 4 rings (SSSR count). The summed E-state index contributed by atoms with van der Waals surface area (Å²) in [6.07, 6.45) is 1.90. The minimum absolute atomic E-state index is 0. The molecule has 0 fully saturated rings. The molecule has 2 unspecified atom stereocenters. The van der Waals surface area contributed by atoms with E-state index in [4.69, 9.17) is 15.2 Å². The van der Waals surface area contributed by atoms with Crippen LogP contribution in [0.5, 0.6) is 0 Å². The minimum atomic E-state index is -0.375. The average Bonchev–Trinajstić information content (AvgIpc) is 2.60. The number of hydrogen-bond acceptors (Lipinski definition) is 3. The molecule has 2 atom stereocenters. The van der Waals surface area contributed by atoms with E-state index in [-0.39, 0.29) is 32.3 Å². The Morgan fingerprint density at radius 2 is 1.69 bits per heavy atom. The van der Waals surface area contributed by atoms with E-state index in [0.29, 0.717) is 6.42 Å². The van der Waals surface area contributed by atoms with Crippen molar-refractivity contribution in [1.29, 1.82) is 0 Å². The number of pyridine rings is 1. The van der Waals surface area contributed by atoms with Crippen molar-refractivity contribution < 1.29 is 30.3 Å². The summed E-state index contributed by atoms with van der Waals surface area (Å²) < 4.78 is 0. The van der Waals surface area contributed by atoms with Gasteiger partial charge in [0.05, 0.1) is 17.7 Å². The molecule has 0 aliphatic heterocycles. The van der Waals surface area contributed by atoms with Gasteiger partial charge in [0.2, 0.25) is 0 Å². The van der Waals surface area contributed by atoms with Gasteiger partial charge in [0.1, 0.15) is 0 Å². The van der Waals surface area contributed by atoms with E-state index < -0.39 is 0 Å². The van der Waals surface area contributed by atoms with Crippen LogP contribution in [0.15, 0.2) is 30.3 Å². The zero-order chi connectivity index (χ0) is 20.4. The number of aliphatic hydroxyl groups excluding tert-OH is 2. The Bertz CT molecular complexity index is 990. The average molecular weight is 569 g/mol. The molecule has 1 aliphatic rings. The van der Waals surface area contributed by atoms with Gasteiger partial charge in [-0.05, 0) is 50.9 Å². The minimum Gasteiger partial charge on any atom is -0.393 e. The molecule has 4 heteroatoms. The van der Waals surface area contributed by atoms with Crippen molar-refractivity contribution in [3.63, 3.8) is 0 Å². The Labute approximate surface area is 187 Å². The van der Waals surface area contributed by atoms with Gasteiger partial charge in [-0.15, -0.1) is 34.4 Å². The summed E-state index contributed by atoms with van der Waals surface area (Å²) in [6, 6.07) is 14.5. The second-order valence-electron chi connectivity index (χ2n) is 8.06. The van der Waals surface area contributed by atoms with Crippen LogP contribution in [-0.4, -0.2) is 27.4 Å². The number of benzene rings is 2. The van der Waals surface area contributed by atoms with E-state index in [0.717, 1.165) is 24.1 Å². The van der Waals surface area contributed by atoms with Crippen LogP contribution < -0.4 is 0 Å². The first-order chi connectivity index (χ1) is 13.3. The number of nitrogens with zero attached hydrogens (tertiary/aromatic N) is 1. The Kier molecular flexibility index (Phi) is 8.13. The van der Waals surface area contributed by atoms with Gasteiger partial charge in [-0.3, -0.25) is 4.98 Å². The molecular formula is C25H30IrNO2-. The second-order valence-corrected chi connectivity index (χ2v) is 8.06. The number of fused-ring (bicyclic) bond motifs is 4. The molecule has 0 amide bonds. The monoisotopic (exact) mass is 569 g/mol. The fourth-order valence-corrected chi connectivity index (χ4v) is 3.99. The summed E-state index contributed by atoms with van der Waals surface area (Å²) in [4.78, 5) is 4.97. The number of aromatic nitrogens is 1. The van der Waals surface area contributed by atoms with Crippen molar-refractivity contribution >= 4 is 10.9 Å². The van der Waals surface area contributed by atoms with Crippen LogP contribution in [0, 0.1) is 26.8 Å². The second kappa shape index (κ2) is 9.95. The first kappa shape index (κ1) is 23.7. The van der Waals surface area contributed by atoms with E-state index in [2.05, 4.69) is 57.2 Å². The molecule has 2 aromatic carbocycles. The molecule has 1 radical (unpaired) electrons. The third-order valence-corrected chi connectivity index (χ3v) is 5.25. The van der Waals surface area contributed by atoms with Crippen molar-refractivity contribution in [3.8, 4) is 11.3 Å². The number of aliphatic hydroxyl groups is 2. The van der Waals surface area contributed by atoms with Gasteiger partial charge in [-0.25, -0.2) is 0 Å². The van der Waals surface area contributed by atoms with E-state index >= 15 is 0 Å². The fourth-order valence-electron chi connectivity index (χ4n) is 3.99. The summed E-state index contributed by atoms with van der Waals surface area (Å²) in [7, 11) is 0. The Morgan fingerprint density at radius 3 is 2.31 bits per heavy atom. The van der Waals surface area contributed by atoms with Crippen LogP contribution in [0.25, 0.3) is 22.2 Å². The van der Waals surface area contributed by atoms with Crippen LogP contribution in [0.4, 0.5) is 0 Å². The SMILES string of the molecule is CC(O)CC(C)O.Cc1[c-]c2c(c(C)c1)CCc1cc3c(C)cccc3nc1-2.[Ir]. The third-order valence-electron chi connectivity index (χ3n) is 5.25. The number of rotatable bonds is 2. The molecule has 1 heterocycles. The molecule has 3 aromatic rings. The van der Waals surface area contributed by atoms with E-state index in [1.165, 1.54) is 38.8 Å². The molecule has 2 N–H and O–H groups in total. The van der Waals surface area contributed by atoms with Gasteiger partial charge in [-0.1, -0.05) is 44.0 Å². The van der Waals surface area contributed by atoms with Crippen LogP contribution >= 0.6 is 0 Å². The number of hydrogen-bond donors (Lipinski definition) is 2. The molecule has 1 aliphatic carbocycles. The molecule has 29 heavy (non-hydrogen) atoms. The Morgan fingerprint density at radius 1 is 1.00 bits per heavy atom. The van der Waals surface area contributed by atoms with Gasteiger partial charge in [0.15, 0.2) is 0 Å². The summed E-state index contributed by atoms with van der Waals surface area (Å²) in [5, 5.41) is 18.4. The molecular weight excluding hydrogens is 538 g/mol. The van der Waals surface area contributed by atoms with Crippen LogP contribution in [0.2, 0.25) is 0 Å². The zero-order valence-electron chi connectivity index (χ0n) is 17.8. The topological polar surface area (TPSA) is 53.4 Å².